The van der Waals surface area contributed by atoms with Crippen LogP contribution in [0.4, 0.5) is 0 Å². The van der Waals surface area contributed by atoms with Crippen molar-refractivity contribution in [2.24, 2.45) is 7.05 Å². The first-order chi connectivity index (χ1) is 13.0. The fourth-order valence-electron chi connectivity index (χ4n) is 3.19. The summed E-state index contributed by atoms with van der Waals surface area (Å²) in [5.41, 5.74) is 3.84. The molecule has 4 rings (SSSR count). The number of allylic oxidation sites excluding steroid dienone is 2. The Morgan fingerprint density at radius 1 is 1.19 bits per heavy atom. The van der Waals surface area contributed by atoms with Gasteiger partial charge in [0.05, 0.1) is 5.56 Å². The molecule has 0 atom stereocenters. The summed E-state index contributed by atoms with van der Waals surface area (Å²) in [6.45, 7) is 4.55. The number of Topliss-reactive ketones (excluding diaryl/α,β-unsaturated/α-hetero) is 1. The molecule has 1 aliphatic rings. The van der Waals surface area contributed by atoms with Crippen molar-refractivity contribution >= 4 is 22.8 Å². The lowest BCUT2D eigenvalue weighted by atomic mass is 10.1. The Morgan fingerprint density at radius 3 is 2.81 bits per heavy atom. The number of fused-ring (bicyclic) bond motifs is 2. The number of ether oxygens (including phenoxy) is 2. The van der Waals surface area contributed by atoms with Crippen molar-refractivity contribution in [3.63, 3.8) is 0 Å². The van der Waals surface area contributed by atoms with Gasteiger partial charge in [0.1, 0.15) is 18.1 Å². The Morgan fingerprint density at radius 2 is 2.00 bits per heavy atom. The molecule has 0 bridgehead atoms. The quantitative estimate of drug-likeness (QED) is 0.478. The average Bonchev–Trinajstić information content (AvgIpc) is 3.13. The summed E-state index contributed by atoms with van der Waals surface area (Å²) in [7, 11) is 1.99. The van der Waals surface area contributed by atoms with Gasteiger partial charge in [-0.2, -0.15) is 0 Å². The van der Waals surface area contributed by atoms with Gasteiger partial charge < -0.3 is 14.0 Å². The fraction of sp³-hybridized carbons (Fsp3) is 0.174. The van der Waals surface area contributed by atoms with Gasteiger partial charge in [0.25, 0.3) is 0 Å². The van der Waals surface area contributed by atoms with E-state index in [1.165, 1.54) is 5.57 Å². The van der Waals surface area contributed by atoms with Gasteiger partial charge in [0.2, 0.25) is 5.78 Å². The highest BCUT2D eigenvalue weighted by Crippen LogP contribution is 2.35. The molecule has 0 N–H and O–H groups in total. The van der Waals surface area contributed by atoms with Crippen molar-refractivity contribution < 1.29 is 14.3 Å². The van der Waals surface area contributed by atoms with Gasteiger partial charge in [0, 0.05) is 35.8 Å². The SMILES string of the molecule is CC(C)=CCOc1ccc2c(c1)O/C(=C/c1cn(C)c3ccccc13)C2=O. The number of rotatable bonds is 4. The highest BCUT2D eigenvalue weighted by molar-refractivity contribution is 6.15. The second-order valence-electron chi connectivity index (χ2n) is 6.90. The number of aromatic nitrogens is 1. The van der Waals surface area contributed by atoms with E-state index in [-0.39, 0.29) is 5.78 Å². The first-order valence-corrected chi connectivity index (χ1v) is 8.91. The molecule has 0 spiro atoms. The number of hydrogen-bond donors (Lipinski definition) is 0. The molecule has 0 saturated heterocycles. The van der Waals surface area contributed by atoms with E-state index in [1.807, 2.05) is 62.0 Å². The van der Waals surface area contributed by atoms with Gasteiger partial charge in [-0.05, 0) is 44.2 Å². The third kappa shape index (κ3) is 3.26. The number of nitrogens with zero attached hydrogens (tertiary/aromatic N) is 1. The molecule has 2 aromatic carbocycles. The third-order valence-corrected chi connectivity index (χ3v) is 4.60. The number of carbonyl (C=O) groups excluding carboxylic acids is 1. The summed E-state index contributed by atoms with van der Waals surface area (Å²) in [5, 5.41) is 1.09. The maximum absolute atomic E-state index is 12.7. The number of aryl methyl sites for hydroxylation is 1. The molecule has 27 heavy (non-hydrogen) atoms. The highest BCUT2D eigenvalue weighted by atomic mass is 16.5. The molecule has 0 radical (unpaired) electrons. The van der Waals surface area contributed by atoms with Gasteiger partial charge in [-0.25, -0.2) is 0 Å². The molecule has 4 heteroatoms. The maximum atomic E-state index is 12.7. The lowest BCUT2D eigenvalue weighted by molar-refractivity contribution is 0.101. The van der Waals surface area contributed by atoms with Crippen molar-refractivity contribution in [1.29, 1.82) is 0 Å². The summed E-state index contributed by atoms with van der Waals surface area (Å²) in [6, 6.07) is 13.4. The Hall–Kier alpha value is -3.27. The second kappa shape index (κ2) is 6.80. The van der Waals surface area contributed by atoms with Crippen molar-refractivity contribution in [2.45, 2.75) is 13.8 Å². The minimum atomic E-state index is -0.103. The van der Waals surface area contributed by atoms with E-state index in [1.54, 1.807) is 18.2 Å². The van der Waals surface area contributed by atoms with Crippen LogP contribution in [0.2, 0.25) is 0 Å². The van der Waals surface area contributed by atoms with Gasteiger partial charge in [-0.1, -0.05) is 23.8 Å². The van der Waals surface area contributed by atoms with Crippen molar-refractivity contribution in [2.75, 3.05) is 6.61 Å². The zero-order chi connectivity index (χ0) is 19.0. The number of benzene rings is 2. The van der Waals surface area contributed by atoms with Crippen LogP contribution in [-0.4, -0.2) is 17.0 Å². The van der Waals surface area contributed by atoms with E-state index < -0.39 is 0 Å². The molecular weight excluding hydrogens is 338 g/mol. The van der Waals surface area contributed by atoms with E-state index in [4.69, 9.17) is 9.47 Å². The van der Waals surface area contributed by atoms with Gasteiger partial charge >= 0.3 is 0 Å². The largest absolute Gasteiger partial charge is 0.489 e. The zero-order valence-electron chi connectivity index (χ0n) is 15.7. The number of para-hydroxylation sites is 1. The van der Waals surface area contributed by atoms with Crippen LogP contribution in [-0.2, 0) is 7.05 Å². The molecule has 1 aromatic heterocycles. The molecule has 2 heterocycles. The smallest absolute Gasteiger partial charge is 0.231 e. The first kappa shape index (κ1) is 17.2. The van der Waals surface area contributed by atoms with Crippen LogP contribution in [0.3, 0.4) is 0 Å². The van der Waals surface area contributed by atoms with Crippen molar-refractivity contribution in [3.05, 3.63) is 77.2 Å². The van der Waals surface area contributed by atoms with Gasteiger partial charge in [0.15, 0.2) is 5.76 Å². The van der Waals surface area contributed by atoms with E-state index in [9.17, 15) is 4.79 Å². The number of hydrogen-bond acceptors (Lipinski definition) is 3. The van der Waals surface area contributed by atoms with Crippen LogP contribution in [0.5, 0.6) is 11.5 Å². The summed E-state index contributed by atoms with van der Waals surface area (Å²) >= 11 is 0. The Kier molecular flexibility index (Phi) is 4.32. The minimum Gasteiger partial charge on any atom is -0.489 e. The van der Waals surface area contributed by atoms with Gasteiger partial charge in [-0.3, -0.25) is 4.79 Å². The monoisotopic (exact) mass is 359 g/mol. The molecule has 1 aliphatic heterocycles. The van der Waals surface area contributed by atoms with Crippen molar-refractivity contribution in [1.82, 2.24) is 4.57 Å². The molecule has 4 nitrogen and oxygen atoms in total. The lowest BCUT2D eigenvalue weighted by Gasteiger charge is -2.05. The molecule has 0 fully saturated rings. The molecule has 136 valence electrons. The molecule has 0 unspecified atom stereocenters. The Balaban J connectivity index is 1.63. The Labute approximate surface area is 158 Å². The summed E-state index contributed by atoms with van der Waals surface area (Å²) < 4.78 is 13.6. The van der Waals surface area contributed by atoms with E-state index in [2.05, 4.69) is 6.07 Å². The second-order valence-corrected chi connectivity index (χ2v) is 6.90. The van der Waals surface area contributed by atoms with Crippen LogP contribution in [0.25, 0.3) is 17.0 Å². The molecule has 0 saturated carbocycles. The van der Waals surface area contributed by atoms with E-state index in [0.29, 0.717) is 29.4 Å². The van der Waals surface area contributed by atoms with Crippen molar-refractivity contribution in [3.8, 4) is 11.5 Å². The van der Waals surface area contributed by atoms with Crippen LogP contribution in [0.15, 0.2) is 66.1 Å². The third-order valence-electron chi connectivity index (χ3n) is 4.60. The maximum Gasteiger partial charge on any atom is 0.231 e. The standard InChI is InChI=1S/C23H21NO3/c1-15(2)10-11-26-17-8-9-19-21(13-17)27-22(23(19)25)12-16-14-24(3)20-7-5-4-6-18(16)20/h4-10,12-14H,11H2,1-3H3/b22-12+. The minimum absolute atomic E-state index is 0.103. The summed E-state index contributed by atoms with van der Waals surface area (Å²) in [6.07, 6.45) is 5.82. The molecular formula is C23H21NO3. The van der Waals surface area contributed by atoms with Crippen LogP contribution < -0.4 is 9.47 Å². The first-order valence-electron chi connectivity index (χ1n) is 8.91. The summed E-state index contributed by atoms with van der Waals surface area (Å²) in [4.78, 5) is 12.7. The van der Waals surface area contributed by atoms with Crippen LogP contribution >= 0.6 is 0 Å². The van der Waals surface area contributed by atoms with Crippen LogP contribution in [0, 0.1) is 0 Å². The Bertz CT molecular complexity index is 1100. The molecule has 3 aromatic rings. The highest BCUT2D eigenvalue weighted by Gasteiger charge is 2.28. The fourth-order valence-corrected chi connectivity index (χ4v) is 3.19. The molecule has 0 amide bonds. The normalized spacial score (nSPS) is 14.3. The number of carbonyl (C=O) groups is 1. The summed E-state index contributed by atoms with van der Waals surface area (Å²) in [5.74, 6) is 1.46. The van der Waals surface area contributed by atoms with Crippen LogP contribution in [0.1, 0.15) is 29.8 Å². The number of ketones is 1. The predicted octanol–water partition coefficient (Wildman–Crippen LogP) is 5.14. The molecule has 0 aliphatic carbocycles. The lowest BCUT2D eigenvalue weighted by Crippen LogP contribution is -1.97. The average molecular weight is 359 g/mol. The topological polar surface area (TPSA) is 40.5 Å². The van der Waals surface area contributed by atoms with Gasteiger partial charge in [-0.15, -0.1) is 0 Å². The zero-order valence-corrected chi connectivity index (χ0v) is 15.7. The van der Waals surface area contributed by atoms with E-state index in [0.717, 1.165) is 16.5 Å². The predicted molar refractivity (Wildman–Crippen MR) is 107 cm³/mol. The van der Waals surface area contributed by atoms with E-state index >= 15 is 0 Å².